The van der Waals surface area contributed by atoms with Crippen LogP contribution in [-0.4, -0.2) is 29.2 Å². The Labute approximate surface area is 107 Å². The van der Waals surface area contributed by atoms with Gasteiger partial charge in [-0.3, -0.25) is 4.79 Å². The minimum Gasteiger partial charge on any atom is -0.342 e. The summed E-state index contributed by atoms with van der Waals surface area (Å²) in [6, 6.07) is 0. The van der Waals surface area contributed by atoms with Crippen LogP contribution in [0, 0.1) is 11.3 Å². The fourth-order valence-corrected chi connectivity index (χ4v) is 3.32. The number of hydrogen-bond donors (Lipinski definition) is 0. The van der Waals surface area contributed by atoms with Crippen molar-refractivity contribution in [3.63, 3.8) is 0 Å². The smallest absolute Gasteiger partial charge is 0.222 e. The maximum absolute atomic E-state index is 12.0. The third-order valence-corrected chi connectivity index (χ3v) is 5.46. The van der Waals surface area contributed by atoms with Crippen LogP contribution in [0.25, 0.3) is 0 Å². The zero-order valence-electron chi connectivity index (χ0n) is 10.2. The van der Waals surface area contributed by atoms with E-state index in [1.165, 1.54) is 25.7 Å². The molecular weight excluding hydrogens is 266 g/mol. The van der Waals surface area contributed by atoms with E-state index >= 15 is 0 Å². The monoisotopic (exact) mass is 287 g/mol. The molecule has 0 aromatic heterocycles. The van der Waals surface area contributed by atoms with Crippen molar-refractivity contribution in [2.45, 2.75) is 45.4 Å². The van der Waals surface area contributed by atoms with Gasteiger partial charge in [-0.15, -0.1) is 0 Å². The summed E-state index contributed by atoms with van der Waals surface area (Å²) in [5.41, 5.74) is 0.432. The highest BCUT2D eigenvalue weighted by Crippen LogP contribution is 2.48. The molecule has 2 aliphatic rings. The van der Waals surface area contributed by atoms with Gasteiger partial charge in [-0.25, -0.2) is 0 Å². The van der Waals surface area contributed by atoms with E-state index in [1.54, 1.807) is 0 Å². The Hall–Kier alpha value is -0.0500. The maximum atomic E-state index is 12.0. The van der Waals surface area contributed by atoms with Gasteiger partial charge in [0.15, 0.2) is 0 Å². The molecule has 2 fully saturated rings. The predicted molar refractivity (Wildman–Crippen MR) is 69.7 cm³/mol. The summed E-state index contributed by atoms with van der Waals surface area (Å²) >= 11 is 3.59. The van der Waals surface area contributed by atoms with Gasteiger partial charge >= 0.3 is 0 Å². The molecule has 3 heteroatoms. The fourth-order valence-electron chi connectivity index (χ4n) is 2.58. The molecule has 16 heavy (non-hydrogen) atoms. The Morgan fingerprint density at radius 3 is 2.75 bits per heavy atom. The number of amides is 1. The highest BCUT2D eigenvalue weighted by Gasteiger charge is 2.43. The first-order chi connectivity index (χ1) is 7.69. The Bertz CT molecular complexity index is 263. The van der Waals surface area contributed by atoms with E-state index in [0.29, 0.717) is 11.3 Å². The molecule has 92 valence electrons. The number of nitrogens with zero attached hydrogens (tertiary/aromatic N) is 1. The number of rotatable bonds is 4. The molecule has 1 aliphatic carbocycles. The molecule has 1 aliphatic heterocycles. The third-order valence-electron chi connectivity index (χ3n) is 4.27. The van der Waals surface area contributed by atoms with Crippen LogP contribution in [-0.2, 0) is 4.79 Å². The summed E-state index contributed by atoms with van der Waals surface area (Å²) in [6.07, 6.45) is 6.90. The molecular formula is C13H22BrNO. The van der Waals surface area contributed by atoms with Crippen molar-refractivity contribution in [3.8, 4) is 0 Å². The first kappa shape index (κ1) is 12.4. The van der Waals surface area contributed by atoms with Gasteiger partial charge < -0.3 is 4.90 Å². The molecule has 1 unspecified atom stereocenters. The van der Waals surface area contributed by atoms with E-state index in [2.05, 4.69) is 27.8 Å². The highest BCUT2D eigenvalue weighted by atomic mass is 79.9. The molecule has 1 saturated heterocycles. The van der Waals surface area contributed by atoms with Crippen LogP contribution in [0.3, 0.4) is 0 Å². The van der Waals surface area contributed by atoms with Crippen LogP contribution < -0.4 is 0 Å². The molecule has 0 radical (unpaired) electrons. The number of hydrogen-bond acceptors (Lipinski definition) is 1. The van der Waals surface area contributed by atoms with Gasteiger partial charge in [-0.2, -0.15) is 0 Å². The lowest BCUT2D eigenvalue weighted by Gasteiger charge is -2.25. The highest BCUT2D eigenvalue weighted by molar-refractivity contribution is 9.09. The lowest BCUT2D eigenvalue weighted by atomic mass is 9.98. The Morgan fingerprint density at radius 1 is 1.44 bits per heavy atom. The van der Waals surface area contributed by atoms with Crippen LogP contribution in [0.2, 0.25) is 0 Å². The normalized spacial score (nSPS) is 29.0. The quantitative estimate of drug-likeness (QED) is 0.727. The molecule has 2 nitrogen and oxygen atoms in total. The SMILES string of the molecule is CCC1CCC(=O)N(CC2(CBr)CC2)CC1. The second-order valence-corrected chi connectivity index (χ2v) is 6.11. The molecule has 0 aromatic rings. The second-order valence-electron chi connectivity index (χ2n) is 5.55. The zero-order valence-corrected chi connectivity index (χ0v) is 11.8. The van der Waals surface area contributed by atoms with Crippen molar-refractivity contribution in [1.82, 2.24) is 4.90 Å². The van der Waals surface area contributed by atoms with Crippen LogP contribution >= 0.6 is 15.9 Å². The lowest BCUT2D eigenvalue weighted by molar-refractivity contribution is -0.131. The topological polar surface area (TPSA) is 20.3 Å². The summed E-state index contributed by atoms with van der Waals surface area (Å²) in [7, 11) is 0. The summed E-state index contributed by atoms with van der Waals surface area (Å²) in [5, 5.41) is 1.06. The van der Waals surface area contributed by atoms with Gasteiger partial charge in [-0.05, 0) is 37.0 Å². The van der Waals surface area contributed by atoms with Crippen molar-refractivity contribution in [1.29, 1.82) is 0 Å². The second kappa shape index (κ2) is 5.07. The van der Waals surface area contributed by atoms with Gasteiger partial charge in [0.25, 0.3) is 0 Å². The van der Waals surface area contributed by atoms with Crippen LogP contribution in [0.15, 0.2) is 0 Å². The van der Waals surface area contributed by atoms with E-state index < -0.39 is 0 Å². The summed E-state index contributed by atoms with van der Waals surface area (Å²) in [5.74, 6) is 1.16. The van der Waals surface area contributed by atoms with E-state index in [1.807, 2.05) is 0 Å². The molecule has 1 atom stereocenters. The standard InChI is InChI=1S/C13H22BrNO/c1-2-11-3-4-12(16)15(8-5-11)10-13(9-14)6-7-13/h11H,2-10H2,1H3. The Balaban J connectivity index is 1.91. The first-order valence-corrected chi connectivity index (χ1v) is 7.65. The van der Waals surface area contributed by atoms with Crippen molar-refractivity contribution < 1.29 is 4.79 Å². The molecule has 2 rings (SSSR count). The molecule has 0 aromatic carbocycles. The Morgan fingerprint density at radius 2 is 2.19 bits per heavy atom. The minimum atomic E-state index is 0.392. The maximum Gasteiger partial charge on any atom is 0.222 e. The minimum absolute atomic E-state index is 0.392. The first-order valence-electron chi connectivity index (χ1n) is 6.53. The van der Waals surface area contributed by atoms with Gasteiger partial charge in [0, 0.05) is 24.8 Å². The summed E-state index contributed by atoms with van der Waals surface area (Å²) < 4.78 is 0. The van der Waals surface area contributed by atoms with Crippen LogP contribution in [0.4, 0.5) is 0 Å². The number of carbonyl (C=O) groups is 1. The van der Waals surface area contributed by atoms with Crippen molar-refractivity contribution in [2.24, 2.45) is 11.3 Å². The number of carbonyl (C=O) groups excluding carboxylic acids is 1. The van der Waals surface area contributed by atoms with Crippen molar-refractivity contribution >= 4 is 21.8 Å². The summed E-state index contributed by atoms with van der Waals surface area (Å²) in [4.78, 5) is 14.1. The van der Waals surface area contributed by atoms with Crippen molar-refractivity contribution in [2.75, 3.05) is 18.4 Å². The summed E-state index contributed by atoms with van der Waals surface area (Å²) in [6.45, 7) is 4.23. The lowest BCUT2D eigenvalue weighted by Crippen LogP contribution is -2.36. The average Bonchev–Trinajstić information content (AvgIpc) is 3.08. The van der Waals surface area contributed by atoms with Crippen molar-refractivity contribution in [3.05, 3.63) is 0 Å². The van der Waals surface area contributed by atoms with Gasteiger partial charge in [0.1, 0.15) is 0 Å². The average molecular weight is 288 g/mol. The predicted octanol–water partition coefficient (Wildman–Crippen LogP) is 3.20. The molecule has 1 heterocycles. The third kappa shape index (κ3) is 2.79. The zero-order chi connectivity index (χ0) is 11.6. The molecule has 0 bridgehead atoms. The van der Waals surface area contributed by atoms with Gasteiger partial charge in [0.2, 0.25) is 5.91 Å². The van der Waals surface area contributed by atoms with Crippen LogP contribution in [0.1, 0.15) is 45.4 Å². The number of alkyl halides is 1. The van der Waals surface area contributed by atoms with Gasteiger partial charge in [0.05, 0.1) is 0 Å². The van der Waals surface area contributed by atoms with E-state index in [-0.39, 0.29) is 0 Å². The molecule has 1 saturated carbocycles. The molecule has 0 N–H and O–H groups in total. The molecule has 1 amide bonds. The van der Waals surface area contributed by atoms with Crippen LogP contribution in [0.5, 0.6) is 0 Å². The van der Waals surface area contributed by atoms with E-state index in [0.717, 1.165) is 37.2 Å². The Kier molecular flexibility index (Phi) is 3.93. The fraction of sp³-hybridized carbons (Fsp3) is 0.923. The van der Waals surface area contributed by atoms with E-state index in [4.69, 9.17) is 0 Å². The largest absolute Gasteiger partial charge is 0.342 e. The van der Waals surface area contributed by atoms with E-state index in [9.17, 15) is 4.79 Å². The number of likely N-dealkylation sites (tertiary alicyclic amines) is 1. The molecule has 0 spiro atoms. The number of halogens is 1. The van der Waals surface area contributed by atoms with Gasteiger partial charge in [-0.1, -0.05) is 29.3 Å².